The molecule has 0 radical (unpaired) electrons. The summed E-state index contributed by atoms with van der Waals surface area (Å²) < 4.78 is 7.78. The highest BCUT2D eigenvalue weighted by atomic mass is 35.5. The van der Waals surface area contributed by atoms with Crippen LogP contribution in [0.1, 0.15) is 0 Å². The molecular formula is C17H21ClN2O. The van der Waals surface area contributed by atoms with Gasteiger partial charge in [-0.25, -0.2) is 0 Å². The molecule has 1 heterocycles. The van der Waals surface area contributed by atoms with Gasteiger partial charge in [0.1, 0.15) is 5.75 Å². The Labute approximate surface area is 131 Å². The largest absolute Gasteiger partial charge is 1.00 e. The molecule has 0 aliphatic carbocycles. The third-order valence-electron chi connectivity index (χ3n) is 3.82. The molecule has 4 heteroatoms. The SMILES string of the molecule is COc1ccc2c3ccccc3n(CC[NH+](C)C)c2c1.[Cl-]. The molecule has 1 aromatic heterocycles. The van der Waals surface area contributed by atoms with Crippen molar-refractivity contribution in [2.45, 2.75) is 6.54 Å². The van der Waals surface area contributed by atoms with E-state index in [9.17, 15) is 0 Å². The third-order valence-corrected chi connectivity index (χ3v) is 3.82. The molecule has 0 saturated carbocycles. The van der Waals surface area contributed by atoms with Crippen LogP contribution in [0.15, 0.2) is 42.5 Å². The lowest BCUT2D eigenvalue weighted by molar-refractivity contribution is -0.858. The van der Waals surface area contributed by atoms with E-state index in [2.05, 4.69) is 55.1 Å². The molecule has 0 saturated heterocycles. The molecule has 2 aromatic carbocycles. The number of para-hydroxylation sites is 1. The van der Waals surface area contributed by atoms with E-state index in [1.165, 1.54) is 26.7 Å². The van der Waals surface area contributed by atoms with E-state index in [4.69, 9.17) is 4.74 Å². The number of hydrogen-bond donors (Lipinski definition) is 1. The highest BCUT2D eigenvalue weighted by molar-refractivity contribution is 6.08. The normalized spacial score (nSPS) is 11.0. The van der Waals surface area contributed by atoms with Crippen molar-refractivity contribution in [1.29, 1.82) is 0 Å². The second-order valence-corrected chi connectivity index (χ2v) is 5.51. The molecule has 0 unspecified atom stereocenters. The van der Waals surface area contributed by atoms with Crippen molar-refractivity contribution >= 4 is 21.8 Å². The number of likely N-dealkylation sites (N-methyl/N-ethyl adjacent to an activating group) is 1. The summed E-state index contributed by atoms with van der Waals surface area (Å²) >= 11 is 0. The molecule has 0 atom stereocenters. The van der Waals surface area contributed by atoms with Gasteiger partial charge in [0.2, 0.25) is 0 Å². The Kier molecular flexibility index (Phi) is 4.76. The van der Waals surface area contributed by atoms with E-state index in [-0.39, 0.29) is 12.4 Å². The van der Waals surface area contributed by atoms with E-state index in [1.54, 1.807) is 7.11 Å². The zero-order valence-corrected chi connectivity index (χ0v) is 13.4. The van der Waals surface area contributed by atoms with Crippen LogP contribution < -0.4 is 22.0 Å². The Hall–Kier alpha value is -1.71. The van der Waals surface area contributed by atoms with Gasteiger partial charge in [-0.2, -0.15) is 0 Å². The number of ether oxygens (including phenoxy) is 1. The first-order valence-corrected chi connectivity index (χ1v) is 7.04. The Bertz CT molecular complexity index is 749. The smallest absolute Gasteiger partial charge is 0.120 e. The van der Waals surface area contributed by atoms with E-state index in [0.29, 0.717) is 0 Å². The zero-order chi connectivity index (χ0) is 14.1. The second kappa shape index (κ2) is 6.37. The maximum Gasteiger partial charge on any atom is 0.120 e. The van der Waals surface area contributed by atoms with Gasteiger partial charge in [0.25, 0.3) is 0 Å². The summed E-state index contributed by atoms with van der Waals surface area (Å²) in [7, 11) is 6.10. The Morgan fingerprint density at radius 3 is 2.43 bits per heavy atom. The first kappa shape index (κ1) is 15.7. The number of halogens is 1. The number of aromatic nitrogens is 1. The molecule has 112 valence electrons. The summed E-state index contributed by atoms with van der Waals surface area (Å²) in [6.07, 6.45) is 0. The van der Waals surface area contributed by atoms with E-state index < -0.39 is 0 Å². The number of nitrogens with zero attached hydrogens (tertiary/aromatic N) is 1. The fraction of sp³-hybridized carbons (Fsp3) is 0.294. The Morgan fingerprint density at radius 2 is 1.71 bits per heavy atom. The van der Waals surface area contributed by atoms with Crippen LogP contribution in [0.4, 0.5) is 0 Å². The summed E-state index contributed by atoms with van der Waals surface area (Å²) in [5.41, 5.74) is 2.56. The monoisotopic (exact) mass is 304 g/mol. The van der Waals surface area contributed by atoms with E-state index >= 15 is 0 Å². The van der Waals surface area contributed by atoms with Crippen molar-refractivity contribution in [2.75, 3.05) is 27.7 Å². The fourth-order valence-electron chi connectivity index (χ4n) is 2.73. The summed E-state index contributed by atoms with van der Waals surface area (Å²) in [4.78, 5) is 1.46. The fourth-order valence-corrected chi connectivity index (χ4v) is 2.73. The van der Waals surface area contributed by atoms with Gasteiger partial charge in [0.15, 0.2) is 0 Å². The minimum Gasteiger partial charge on any atom is -1.00 e. The van der Waals surface area contributed by atoms with Gasteiger partial charge in [-0.05, 0) is 18.2 Å². The lowest BCUT2D eigenvalue weighted by atomic mass is 10.1. The van der Waals surface area contributed by atoms with Crippen LogP contribution in [0.2, 0.25) is 0 Å². The van der Waals surface area contributed by atoms with Gasteiger partial charge < -0.3 is 26.6 Å². The molecule has 21 heavy (non-hydrogen) atoms. The molecule has 1 N–H and O–H groups in total. The molecular weight excluding hydrogens is 284 g/mol. The van der Waals surface area contributed by atoms with Crippen LogP contribution in [0.5, 0.6) is 5.75 Å². The van der Waals surface area contributed by atoms with Crippen LogP contribution in [-0.4, -0.2) is 32.3 Å². The lowest BCUT2D eigenvalue weighted by Crippen LogP contribution is -3.06. The van der Waals surface area contributed by atoms with Crippen molar-refractivity contribution in [1.82, 2.24) is 4.57 Å². The van der Waals surface area contributed by atoms with E-state index in [0.717, 1.165) is 18.8 Å². The minimum atomic E-state index is 0. The Morgan fingerprint density at radius 1 is 1.00 bits per heavy atom. The maximum atomic E-state index is 5.38. The van der Waals surface area contributed by atoms with Gasteiger partial charge in [0, 0.05) is 22.4 Å². The van der Waals surface area contributed by atoms with Crippen LogP contribution in [-0.2, 0) is 6.54 Å². The average Bonchev–Trinajstić information content (AvgIpc) is 2.78. The molecule has 0 fully saturated rings. The van der Waals surface area contributed by atoms with Gasteiger partial charge in [-0.15, -0.1) is 0 Å². The predicted octanol–water partition coefficient (Wildman–Crippen LogP) is -1.05. The van der Waals surface area contributed by atoms with Crippen LogP contribution in [0.3, 0.4) is 0 Å². The summed E-state index contributed by atoms with van der Waals surface area (Å²) in [5, 5.41) is 2.62. The van der Waals surface area contributed by atoms with Crippen LogP contribution in [0, 0.1) is 0 Å². The molecule has 3 rings (SSSR count). The number of benzene rings is 2. The minimum absolute atomic E-state index is 0. The number of fused-ring (bicyclic) bond motifs is 3. The molecule has 3 nitrogen and oxygen atoms in total. The first-order valence-electron chi connectivity index (χ1n) is 7.04. The number of methoxy groups -OCH3 is 1. The third kappa shape index (κ3) is 2.85. The number of rotatable bonds is 4. The molecule has 0 amide bonds. The number of quaternary nitrogens is 1. The van der Waals surface area contributed by atoms with Gasteiger partial charge in [0.05, 0.1) is 39.8 Å². The first-order chi connectivity index (χ1) is 9.70. The molecule has 0 spiro atoms. The molecule has 3 aromatic rings. The van der Waals surface area contributed by atoms with Gasteiger partial charge >= 0.3 is 0 Å². The highest BCUT2D eigenvalue weighted by Crippen LogP contribution is 2.31. The molecule has 0 aliphatic heterocycles. The summed E-state index contributed by atoms with van der Waals surface area (Å²) in [5.74, 6) is 0.916. The van der Waals surface area contributed by atoms with Crippen molar-refractivity contribution < 1.29 is 22.0 Å². The standard InChI is InChI=1S/C17H20N2O.ClH/c1-18(2)10-11-19-16-7-5-4-6-14(16)15-9-8-13(20-3)12-17(15)19;/h4-9,12H,10-11H2,1-3H3;1H. The van der Waals surface area contributed by atoms with Crippen molar-refractivity contribution in [3.05, 3.63) is 42.5 Å². The predicted molar refractivity (Wildman–Crippen MR) is 83.7 cm³/mol. The van der Waals surface area contributed by atoms with Crippen LogP contribution >= 0.6 is 0 Å². The maximum absolute atomic E-state index is 5.38. The Balaban J connectivity index is 0.00000161. The van der Waals surface area contributed by atoms with Crippen LogP contribution in [0.25, 0.3) is 21.8 Å². The highest BCUT2D eigenvalue weighted by Gasteiger charge is 2.11. The summed E-state index contributed by atoms with van der Waals surface area (Å²) in [6, 6.07) is 15.0. The number of nitrogens with one attached hydrogen (secondary N) is 1. The topological polar surface area (TPSA) is 18.6 Å². The lowest BCUT2D eigenvalue weighted by Gasteiger charge is -2.11. The molecule has 0 bridgehead atoms. The van der Waals surface area contributed by atoms with Crippen molar-refractivity contribution in [2.24, 2.45) is 0 Å². The zero-order valence-electron chi connectivity index (χ0n) is 12.7. The van der Waals surface area contributed by atoms with Crippen molar-refractivity contribution in [3.63, 3.8) is 0 Å². The van der Waals surface area contributed by atoms with E-state index in [1.807, 2.05) is 6.07 Å². The second-order valence-electron chi connectivity index (χ2n) is 5.51. The average molecular weight is 305 g/mol. The molecule has 0 aliphatic rings. The summed E-state index contributed by atoms with van der Waals surface area (Å²) in [6.45, 7) is 2.12. The number of hydrogen-bond acceptors (Lipinski definition) is 1. The quantitative estimate of drug-likeness (QED) is 0.652. The van der Waals surface area contributed by atoms with Gasteiger partial charge in [-0.3, -0.25) is 0 Å². The van der Waals surface area contributed by atoms with Crippen molar-refractivity contribution in [3.8, 4) is 5.75 Å². The van der Waals surface area contributed by atoms with Gasteiger partial charge in [-0.1, -0.05) is 18.2 Å².